The van der Waals surface area contributed by atoms with Crippen molar-refractivity contribution in [2.24, 2.45) is 0 Å². The van der Waals surface area contributed by atoms with Crippen molar-refractivity contribution in [2.75, 3.05) is 20.8 Å². The molecule has 0 N–H and O–H groups in total. The van der Waals surface area contributed by atoms with Gasteiger partial charge in [-0.3, -0.25) is 9.59 Å². The van der Waals surface area contributed by atoms with Crippen LogP contribution in [-0.2, 0) is 6.42 Å². The minimum absolute atomic E-state index is 0.0935. The fourth-order valence-electron chi connectivity index (χ4n) is 4.48. The first-order valence-electron chi connectivity index (χ1n) is 10.8. The van der Waals surface area contributed by atoms with Crippen molar-refractivity contribution in [2.45, 2.75) is 12.5 Å². The highest BCUT2D eigenvalue weighted by atomic mass is 35.5. The van der Waals surface area contributed by atoms with Crippen LogP contribution in [0.15, 0.2) is 75.9 Å². The first kappa shape index (κ1) is 22.0. The van der Waals surface area contributed by atoms with Crippen LogP contribution in [0.4, 0.5) is 0 Å². The molecule has 1 atom stereocenters. The van der Waals surface area contributed by atoms with Crippen LogP contribution in [0.2, 0.25) is 5.02 Å². The molecule has 2 heterocycles. The van der Waals surface area contributed by atoms with Crippen molar-refractivity contribution in [3.05, 3.63) is 104 Å². The van der Waals surface area contributed by atoms with E-state index in [9.17, 15) is 9.59 Å². The summed E-state index contributed by atoms with van der Waals surface area (Å²) in [5.41, 5.74) is 2.33. The molecular formula is C27H22ClNO5. The molecule has 1 aliphatic rings. The molecule has 6 nitrogen and oxygen atoms in total. The second-order valence-corrected chi connectivity index (χ2v) is 8.50. The van der Waals surface area contributed by atoms with E-state index >= 15 is 0 Å². The van der Waals surface area contributed by atoms with E-state index in [1.165, 1.54) is 0 Å². The topological polar surface area (TPSA) is 69.0 Å². The highest BCUT2D eigenvalue weighted by molar-refractivity contribution is 6.30. The fraction of sp³-hybridized carbons (Fsp3) is 0.185. The number of amides is 1. The van der Waals surface area contributed by atoms with Crippen molar-refractivity contribution >= 4 is 28.5 Å². The molecule has 34 heavy (non-hydrogen) atoms. The van der Waals surface area contributed by atoms with Crippen LogP contribution in [-0.4, -0.2) is 31.6 Å². The summed E-state index contributed by atoms with van der Waals surface area (Å²) in [4.78, 5) is 28.7. The molecule has 7 heteroatoms. The first-order valence-corrected chi connectivity index (χ1v) is 11.2. The van der Waals surface area contributed by atoms with Gasteiger partial charge in [-0.2, -0.15) is 0 Å². The predicted octanol–water partition coefficient (Wildman–Crippen LogP) is 5.25. The van der Waals surface area contributed by atoms with Crippen molar-refractivity contribution in [1.82, 2.24) is 4.90 Å². The van der Waals surface area contributed by atoms with Gasteiger partial charge in [0.2, 0.25) is 5.76 Å². The molecule has 0 spiro atoms. The molecule has 0 bridgehead atoms. The molecule has 0 saturated heterocycles. The van der Waals surface area contributed by atoms with Gasteiger partial charge in [0.15, 0.2) is 16.9 Å². The minimum atomic E-state index is -0.569. The monoisotopic (exact) mass is 475 g/mol. The number of hydrogen-bond acceptors (Lipinski definition) is 5. The summed E-state index contributed by atoms with van der Waals surface area (Å²) < 4.78 is 16.7. The minimum Gasteiger partial charge on any atom is -0.493 e. The van der Waals surface area contributed by atoms with Crippen molar-refractivity contribution in [3.63, 3.8) is 0 Å². The highest BCUT2D eigenvalue weighted by Crippen LogP contribution is 2.38. The van der Waals surface area contributed by atoms with Gasteiger partial charge >= 0.3 is 0 Å². The van der Waals surface area contributed by atoms with E-state index < -0.39 is 6.04 Å². The Bertz CT molecular complexity index is 1440. The Labute approximate surface area is 201 Å². The maximum absolute atomic E-state index is 13.5. The summed E-state index contributed by atoms with van der Waals surface area (Å²) in [6.45, 7) is 0.377. The Morgan fingerprint density at radius 3 is 2.41 bits per heavy atom. The molecule has 1 unspecified atom stereocenters. The van der Waals surface area contributed by atoms with Crippen molar-refractivity contribution in [3.8, 4) is 11.5 Å². The number of rotatable bonds is 6. The zero-order chi connectivity index (χ0) is 23.8. The van der Waals surface area contributed by atoms with Crippen LogP contribution in [0, 0.1) is 0 Å². The third-order valence-corrected chi connectivity index (χ3v) is 6.40. The van der Waals surface area contributed by atoms with Gasteiger partial charge in [0, 0.05) is 11.6 Å². The second kappa shape index (κ2) is 8.88. The number of methoxy groups -OCH3 is 2. The lowest BCUT2D eigenvalue weighted by molar-refractivity contribution is 0.0730. The molecule has 1 aliphatic heterocycles. The molecule has 5 rings (SSSR count). The molecule has 0 saturated carbocycles. The van der Waals surface area contributed by atoms with Gasteiger partial charge in [-0.1, -0.05) is 41.9 Å². The number of hydrogen-bond donors (Lipinski definition) is 0. The summed E-state index contributed by atoms with van der Waals surface area (Å²) in [7, 11) is 3.17. The number of carbonyl (C=O) groups is 1. The van der Waals surface area contributed by atoms with Gasteiger partial charge in [-0.25, -0.2) is 0 Å². The molecule has 0 radical (unpaired) electrons. The highest BCUT2D eigenvalue weighted by Gasteiger charge is 2.42. The molecule has 1 aromatic heterocycles. The Hall–Kier alpha value is -3.77. The van der Waals surface area contributed by atoms with Gasteiger partial charge < -0.3 is 18.8 Å². The summed E-state index contributed by atoms with van der Waals surface area (Å²) in [5, 5.41) is 1.03. The normalized spacial score (nSPS) is 15.0. The Kier molecular flexibility index (Phi) is 5.75. The lowest BCUT2D eigenvalue weighted by Gasteiger charge is -2.25. The number of nitrogens with zero attached hydrogens (tertiary/aromatic N) is 1. The van der Waals surface area contributed by atoms with Crippen LogP contribution < -0.4 is 14.9 Å². The van der Waals surface area contributed by atoms with E-state index in [4.69, 9.17) is 25.5 Å². The Morgan fingerprint density at radius 2 is 1.68 bits per heavy atom. The fourth-order valence-corrected chi connectivity index (χ4v) is 4.60. The third kappa shape index (κ3) is 3.70. The number of carbonyl (C=O) groups excluding carboxylic acids is 1. The smallest absolute Gasteiger partial charge is 0.290 e. The van der Waals surface area contributed by atoms with Gasteiger partial charge in [-0.15, -0.1) is 0 Å². The number of halogens is 1. The molecule has 0 fully saturated rings. The predicted molar refractivity (Wildman–Crippen MR) is 130 cm³/mol. The van der Waals surface area contributed by atoms with E-state index in [1.807, 2.05) is 30.3 Å². The summed E-state index contributed by atoms with van der Waals surface area (Å²) in [5.74, 6) is 1.04. The van der Waals surface area contributed by atoms with Gasteiger partial charge in [0.05, 0.1) is 31.2 Å². The summed E-state index contributed by atoms with van der Waals surface area (Å²) in [6.07, 6.45) is 0.553. The van der Waals surface area contributed by atoms with Gasteiger partial charge in [-0.05, 0) is 53.9 Å². The molecule has 4 aromatic rings. The zero-order valence-electron chi connectivity index (χ0n) is 18.7. The molecule has 1 amide bonds. The van der Waals surface area contributed by atoms with Crippen LogP contribution in [0.1, 0.15) is 33.3 Å². The maximum Gasteiger partial charge on any atom is 0.290 e. The standard InChI is InChI=1S/C27H22ClNO5/c1-32-21-12-7-16(15-22(21)33-2)13-14-29-24(17-8-10-18(28)11-9-17)23-25(30)19-5-3-4-6-20(19)34-26(23)27(29)31/h3-12,15,24H,13-14H2,1-2H3. The number of ether oxygens (including phenoxy) is 2. The van der Waals surface area contributed by atoms with Gasteiger partial charge in [0.25, 0.3) is 5.91 Å². The quantitative estimate of drug-likeness (QED) is 0.381. The SMILES string of the molecule is COc1ccc(CCN2C(=O)c3oc4ccccc4c(=O)c3C2c2ccc(Cl)cc2)cc1OC. The van der Waals surface area contributed by atoms with Crippen molar-refractivity contribution in [1.29, 1.82) is 0 Å². The lowest BCUT2D eigenvalue weighted by Crippen LogP contribution is -2.31. The maximum atomic E-state index is 13.5. The van der Waals surface area contributed by atoms with E-state index in [2.05, 4.69) is 0 Å². The van der Waals surface area contributed by atoms with Crippen LogP contribution in [0.25, 0.3) is 11.0 Å². The Balaban J connectivity index is 1.57. The second-order valence-electron chi connectivity index (χ2n) is 8.06. The Morgan fingerprint density at radius 1 is 0.941 bits per heavy atom. The zero-order valence-corrected chi connectivity index (χ0v) is 19.5. The van der Waals surface area contributed by atoms with Crippen LogP contribution in [0.5, 0.6) is 11.5 Å². The van der Waals surface area contributed by atoms with E-state index in [0.717, 1.165) is 11.1 Å². The number of benzene rings is 3. The average molecular weight is 476 g/mol. The first-order chi connectivity index (χ1) is 16.5. The van der Waals surface area contributed by atoms with E-state index in [1.54, 1.807) is 55.5 Å². The van der Waals surface area contributed by atoms with E-state index in [-0.39, 0.29) is 17.1 Å². The van der Waals surface area contributed by atoms with E-state index in [0.29, 0.717) is 46.0 Å². The number of para-hydroxylation sites is 1. The summed E-state index contributed by atoms with van der Waals surface area (Å²) in [6, 6.07) is 19.3. The average Bonchev–Trinajstić information content (AvgIpc) is 3.14. The molecule has 3 aromatic carbocycles. The molecule has 172 valence electrons. The third-order valence-electron chi connectivity index (χ3n) is 6.15. The number of fused-ring (bicyclic) bond motifs is 2. The van der Waals surface area contributed by atoms with Crippen molar-refractivity contribution < 1.29 is 18.7 Å². The van der Waals surface area contributed by atoms with Crippen LogP contribution in [0.3, 0.4) is 0 Å². The summed E-state index contributed by atoms with van der Waals surface area (Å²) >= 11 is 6.10. The lowest BCUT2D eigenvalue weighted by atomic mass is 9.98. The van der Waals surface area contributed by atoms with Gasteiger partial charge in [0.1, 0.15) is 5.58 Å². The molecular weight excluding hydrogens is 454 g/mol. The van der Waals surface area contributed by atoms with Crippen LogP contribution >= 0.6 is 11.6 Å². The largest absolute Gasteiger partial charge is 0.493 e. The molecule has 0 aliphatic carbocycles.